The maximum absolute atomic E-state index is 12.9. The van der Waals surface area contributed by atoms with Crippen LogP contribution in [0.3, 0.4) is 0 Å². The molecular formula is C21H21F3O5. The second-order valence-electron chi connectivity index (χ2n) is 8.31. The lowest BCUT2D eigenvalue weighted by molar-refractivity contribution is -0.141. The average Bonchev–Trinajstić information content (AvgIpc) is 2.57. The number of ether oxygens (including phenoxy) is 3. The van der Waals surface area contributed by atoms with Crippen LogP contribution in [0.25, 0.3) is 6.08 Å². The van der Waals surface area contributed by atoms with Crippen molar-refractivity contribution in [1.82, 2.24) is 0 Å². The second kappa shape index (κ2) is 6.50. The topological polar surface area (TPSA) is 61.8 Å². The number of carbonyl (C=O) groups is 2. The Morgan fingerprint density at radius 1 is 1.14 bits per heavy atom. The molecule has 2 atom stereocenters. The average molecular weight is 410 g/mol. The number of hydrogen-bond acceptors (Lipinski definition) is 5. The largest absolute Gasteiger partial charge is 0.489 e. The number of ketones is 1. The van der Waals surface area contributed by atoms with E-state index in [0.717, 1.165) is 0 Å². The van der Waals surface area contributed by atoms with Gasteiger partial charge in [-0.15, -0.1) is 0 Å². The summed E-state index contributed by atoms with van der Waals surface area (Å²) in [5.74, 6) is -1.11. The zero-order valence-corrected chi connectivity index (χ0v) is 16.3. The van der Waals surface area contributed by atoms with Crippen LogP contribution in [0.15, 0.2) is 6.08 Å². The van der Waals surface area contributed by atoms with Gasteiger partial charge in [0.1, 0.15) is 28.8 Å². The number of esters is 1. The molecule has 2 unspecified atom stereocenters. The maximum Gasteiger partial charge on any atom is 0.389 e. The third-order valence-electron chi connectivity index (χ3n) is 5.33. The van der Waals surface area contributed by atoms with E-state index in [9.17, 15) is 22.8 Å². The number of hydrogen-bond donors (Lipinski definition) is 0. The molecule has 3 heterocycles. The predicted molar refractivity (Wildman–Crippen MR) is 97.5 cm³/mol. The molecule has 0 spiro atoms. The van der Waals surface area contributed by atoms with Gasteiger partial charge in [-0.25, -0.2) is 0 Å². The number of rotatable bonds is 2. The highest BCUT2D eigenvalue weighted by Gasteiger charge is 2.43. The molecule has 0 aromatic heterocycles. The van der Waals surface area contributed by atoms with Crippen LogP contribution >= 0.6 is 0 Å². The first-order valence-corrected chi connectivity index (χ1v) is 9.54. The highest BCUT2D eigenvalue weighted by molar-refractivity contribution is 6.06. The van der Waals surface area contributed by atoms with Crippen LogP contribution in [0.1, 0.15) is 73.9 Å². The number of fused-ring (bicyclic) bond motifs is 6. The summed E-state index contributed by atoms with van der Waals surface area (Å²) < 4.78 is 56.1. The highest BCUT2D eigenvalue weighted by atomic mass is 19.4. The molecule has 3 aliphatic rings. The van der Waals surface area contributed by atoms with Gasteiger partial charge in [-0.2, -0.15) is 13.2 Å². The highest BCUT2D eigenvalue weighted by Crippen LogP contribution is 2.55. The molecule has 156 valence electrons. The van der Waals surface area contributed by atoms with E-state index >= 15 is 0 Å². The van der Waals surface area contributed by atoms with Gasteiger partial charge in [-0.1, -0.05) is 0 Å². The Balaban J connectivity index is 1.94. The summed E-state index contributed by atoms with van der Waals surface area (Å²) in [6.45, 7) is 5.38. The Hall–Kier alpha value is -2.51. The lowest BCUT2D eigenvalue weighted by atomic mass is 9.82. The molecule has 5 nitrogen and oxygen atoms in total. The zero-order valence-electron chi connectivity index (χ0n) is 16.3. The van der Waals surface area contributed by atoms with Gasteiger partial charge >= 0.3 is 12.1 Å². The Bertz CT molecular complexity index is 929. The Morgan fingerprint density at radius 2 is 1.86 bits per heavy atom. The zero-order chi connectivity index (χ0) is 21.1. The number of alkyl halides is 3. The summed E-state index contributed by atoms with van der Waals surface area (Å²) in [6.07, 6.45) is -2.61. The lowest BCUT2D eigenvalue weighted by Crippen LogP contribution is -2.33. The summed E-state index contributed by atoms with van der Waals surface area (Å²) in [4.78, 5) is 25.0. The van der Waals surface area contributed by atoms with Crippen molar-refractivity contribution < 1.29 is 37.0 Å². The van der Waals surface area contributed by atoms with Crippen molar-refractivity contribution in [3.63, 3.8) is 0 Å². The van der Waals surface area contributed by atoms with Crippen LogP contribution in [0.4, 0.5) is 13.2 Å². The summed E-state index contributed by atoms with van der Waals surface area (Å²) in [5, 5.41) is 0. The molecular weight excluding hydrogens is 389 g/mol. The van der Waals surface area contributed by atoms with E-state index < -0.39 is 30.1 Å². The van der Waals surface area contributed by atoms with Gasteiger partial charge < -0.3 is 14.2 Å². The van der Waals surface area contributed by atoms with Crippen molar-refractivity contribution in [2.45, 2.75) is 70.3 Å². The molecule has 1 aromatic carbocycles. The minimum atomic E-state index is -4.36. The van der Waals surface area contributed by atoms with Gasteiger partial charge in [-0.05, 0) is 39.3 Å². The van der Waals surface area contributed by atoms with Crippen molar-refractivity contribution in [3.05, 3.63) is 22.8 Å². The number of halogens is 3. The first-order chi connectivity index (χ1) is 13.5. The van der Waals surface area contributed by atoms with E-state index in [1.54, 1.807) is 19.1 Å². The molecule has 3 aliphatic heterocycles. The molecule has 4 rings (SSSR count). The van der Waals surface area contributed by atoms with E-state index in [0.29, 0.717) is 16.9 Å². The SMILES string of the molecule is CC1CC(=O)c2c(c3c(c4c2OC(=O)CC4CCC(F)(F)F)OC(C)(C)C=C3)O1. The van der Waals surface area contributed by atoms with Crippen molar-refractivity contribution >= 4 is 17.8 Å². The van der Waals surface area contributed by atoms with Gasteiger partial charge in [-0.3, -0.25) is 9.59 Å². The fourth-order valence-corrected chi connectivity index (χ4v) is 4.07. The predicted octanol–water partition coefficient (Wildman–Crippen LogP) is 4.96. The minimum Gasteiger partial charge on any atom is -0.489 e. The van der Waals surface area contributed by atoms with Crippen LogP contribution in [0, 0.1) is 0 Å². The van der Waals surface area contributed by atoms with Crippen molar-refractivity contribution in [2.24, 2.45) is 0 Å². The molecule has 0 saturated heterocycles. The first kappa shape index (κ1) is 19.8. The summed E-state index contributed by atoms with van der Waals surface area (Å²) in [5.41, 5.74) is 0.268. The van der Waals surface area contributed by atoms with Crippen molar-refractivity contribution in [3.8, 4) is 17.2 Å². The van der Waals surface area contributed by atoms with E-state index in [4.69, 9.17) is 14.2 Å². The standard InChI is InChI=1S/C21H21F3O5/c1-10-8-13(25)16-17(27-10)12-5-6-20(2,3)29-18(12)15-11(4-7-21(22,23)24)9-14(26)28-19(15)16/h5-6,10-11H,4,7-9H2,1-3H3. The van der Waals surface area contributed by atoms with Crippen LogP contribution in [-0.4, -0.2) is 29.6 Å². The molecule has 8 heteroatoms. The van der Waals surface area contributed by atoms with E-state index in [-0.39, 0.29) is 48.2 Å². The quantitative estimate of drug-likeness (QED) is 0.509. The third kappa shape index (κ3) is 3.60. The smallest absolute Gasteiger partial charge is 0.389 e. The van der Waals surface area contributed by atoms with Crippen LogP contribution in [-0.2, 0) is 4.79 Å². The molecule has 0 radical (unpaired) electrons. The fraction of sp³-hybridized carbons (Fsp3) is 0.524. The van der Waals surface area contributed by atoms with Crippen molar-refractivity contribution in [1.29, 1.82) is 0 Å². The molecule has 0 amide bonds. The Morgan fingerprint density at radius 3 is 2.55 bits per heavy atom. The monoisotopic (exact) mass is 410 g/mol. The first-order valence-electron chi connectivity index (χ1n) is 9.54. The van der Waals surface area contributed by atoms with Crippen LogP contribution in [0.5, 0.6) is 17.2 Å². The Labute approximate surface area is 165 Å². The number of benzene rings is 1. The molecule has 1 aromatic rings. The number of carbonyl (C=O) groups excluding carboxylic acids is 2. The molecule has 0 bridgehead atoms. The van der Waals surface area contributed by atoms with E-state index in [2.05, 4.69) is 0 Å². The van der Waals surface area contributed by atoms with Crippen LogP contribution < -0.4 is 14.2 Å². The van der Waals surface area contributed by atoms with Gasteiger partial charge in [0.05, 0.1) is 12.0 Å². The lowest BCUT2D eigenvalue weighted by Gasteiger charge is -2.37. The van der Waals surface area contributed by atoms with Gasteiger partial charge in [0.15, 0.2) is 11.5 Å². The molecule has 0 N–H and O–H groups in total. The second-order valence-corrected chi connectivity index (χ2v) is 8.31. The number of Topliss-reactive ketones (excluding diaryl/α,β-unsaturated/α-hetero) is 1. The molecule has 0 saturated carbocycles. The summed E-state index contributed by atoms with van der Waals surface area (Å²) in [7, 11) is 0. The maximum atomic E-state index is 12.9. The van der Waals surface area contributed by atoms with Gasteiger partial charge in [0.2, 0.25) is 0 Å². The Kier molecular flexibility index (Phi) is 4.44. The van der Waals surface area contributed by atoms with Crippen LogP contribution in [0.2, 0.25) is 0 Å². The summed E-state index contributed by atoms with van der Waals surface area (Å²) >= 11 is 0. The molecule has 0 fully saturated rings. The minimum absolute atomic E-state index is 0.00910. The van der Waals surface area contributed by atoms with Gasteiger partial charge in [0.25, 0.3) is 0 Å². The molecule has 0 aliphatic carbocycles. The molecule has 29 heavy (non-hydrogen) atoms. The fourth-order valence-electron chi connectivity index (χ4n) is 4.07. The van der Waals surface area contributed by atoms with Gasteiger partial charge in [0, 0.05) is 24.3 Å². The normalized spacial score (nSPS) is 24.6. The summed E-state index contributed by atoms with van der Waals surface area (Å²) in [6, 6.07) is 0. The van der Waals surface area contributed by atoms with E-state index in [1.165, 1.54) is 0 Å². The van der Waals surface area contributed by atoms with E-state index in [1.807, 2.05) is 13.8 Å². The van der Waals surface area contributed by atoms with Crippen molar-refractivity contribution in [2.75, 3.05) is 0 Å². The third-order valence-corrected chi connectivity index (χ3v) is 5.33.